The van der Waals surface area contributed by atoms with E-state index in [9.17, 15) is 0 Å². The predicted molar refractivity (Wildman–Crippen MR) is 67.4 cm³/mol. The van der Waals surface area contributed by atoms with Crippen LogP contribution in [-0.2, 0) is 9.47 Å². The highest BCUT2D eigenvalue weighted by Crippen LogP contribution is 1.98. The van der Waals surface area contributed by atoms with E-state index in [0.717, 1.165) is 32.7 Å². The normalized spacial score (nSPS) is 14.2. The van der Waals surface area contributed by atoms with Gasteiger partial charge in [0, 0.05) is 39.3 Å². The first kappa shape index (κ1) is 16.1. The molecule has 0 aliphatic rings. The van der Waals surface area contributed by atoms with Crippen LogP contribution in [0.5, 0.6) is 0 Å². The van der Waals surface area contributed by atoms with Crippen LogP contribution < -0.4 is 5.73 Å². The lowest BCUT2D eigenvalue weighted by molar-refractivity contribution is 0.0877. The maximum atomic E-state index is 8.52. The number of nitrogens with zero attached hydrogens (tertiary/aromatic N) is 2. The van der Waals surface area contributed by atoms with Crippen molar-refractivity contribution in [2.24, 2.45) is 16.8 Å². The van der Waals surface area contributed by atoms with Gasteiger partial charge in [-0.25, -0.2) is 0 Å². The van der Waals surface area contributed by atoms with Crippen molar-refractivity contribution in [1.82, 2.24) is 4.90 Å². The van der Waals surface area contributed by atoms with Crippen LogP contribution in [0.25, 0.3) is 0 Å². The monoisotopic (exact) mass is 247 g/mol. The molecule has 0 rings (SSSR count). The third kappa shape index (κ3) is 8.91. The zero-order chi connectivity index (χ0) is 13.1. The molecule has 0 heterocycles. The van der Waals surface area contributed by atoms with E-state index in [1.54, 1.807) is 7.11 Å². The molecule has 0 aromatic rings. The highest BCUT2D eigenvalue weighted by Gasteiger charge is 2.10. The molecule has 1 atom stereocenters. The molecule has 0 radical (unpaired) electrons. The third-order valence-electron chi connectivity index (χ3n) is 2.46. The van der Waals surface area contributed by atoms with Gasteiger partial charge in [-0.3, -0.25) is 0 Å². The van der Waals surface area contributed by atoms with Crippen LogP contribution in [0.3, 0.4) is 0 Å². The Morgan fingerprint density at radius 1 is 1.41 bits per heavy atom. The fourth-order valence-corrected chi connectivity index (χ4v) is 1.38. The van der Waals surface area contributed by atoms with Crippen LogP contribution in [0.15, 0.2) is 5.16 Å². The summed E-state index contributed by atoms with van der Waals surface area (Å²) in [7, 11) is 3.67. The standard InChI is InChI=1S/C11H25N3O3/c1-10(11(12)13-15)9-14(2)5-8-17-7-4-6-16-3/h10,15H,4-9H2,1-3H3,(H2,12,13). The Kier molecular flexibility index (Phi) is 9.80. The van der Waals surface area contributed by atoms with Crippen molar-refractivity contribution in [3.8, 4) is 0 Å². The largest absolute Gasteiger partial charge is 0.409 e. The summed E-state index contributed by atoms with van der Waals surface area (Å²) in [4.78, 5) is 2.10. The maximum Gasteiger partial charge on any atom is 0.143 e. The Morgan fingerprint density at radius 2 is 2.12 bits per heavy atom. The van der Waals surface area contributed by atoms with Gasteiger partial charge < -0.3 is 25.3 Å². The number of hydrogen-bond acceptors (Lipinski definition) is 5. The van der Waals surface area contributed by atoms with Crippen LogP contribution in [0, 0.1) is 5.92 Å². The summed E-state index contributed by atoms with van der Waals surface area (Å²) in [6.07, 6.45) is 0.917. The first-order valence-electron chi connectivity index (χ1n) is 5.84. The van der Waals surface area contributed by atoms with E-state index >= 15 is 0 Å². The second kappa shape index (κ2) is 10.3. The van der Waals surface area contributed by atoms with Gasteiger partial charge in [0.05, 0.1) is 6.61 Å². The zero-order valence-corrected chi connectivity index (χ0v) is 11.1. The summed E-state index contributed by atoms with van der Waals surface area (Å²) in [5, 5.41) is 11.5. The molecule has 0 spiro atoms. The minimum absolute atomic E-state index is 0.0403. The first-order chi connectivity index (χ1) is 8.11. The molecular weight excluding hydrogens is 222 g/mol. The number of likely N-dealkylation sites (N-methyl/N-ethyl adjacent to an activating group) is 1. The lowest BCUT2D eigenvalue weighted by Gasteiger charge is -2.20. The third-order valence-corrected chi connectivity index (χ3v) is 2.46. The molecule has 1 unspecified atom stereocenters. The van der Waals surface area contributed by atoms with Gasteiger partial charge in [-0.1, -0.05) is 12.1 Å². The molecule has 3 N–H and O–H groups in total. The number of ether oxygens (including phenoxy) is 2. The second-order valence-electron chi connectivity index (χ2n) is 4.15. The average molecular weight is 247 g/mol. The Bertz CT molecular complexity index is 212. The highest BCUT2D eigenvalue weighted by molar-refractivity contribution is 5.82. The Labute approximate surface area is 103 Å². The van der Waals surface area contributed by atoms with Gasteiger partial charge in [-0.15, -0.1) is 0 Å². The van der Waals surface area contributed by atoms with E-state index in [4.69, 9.17) is 20.4 Å². The van der Waals surface area contributed by atoms with Crippen molar-refractivity contribution < 1.29 is 14.7 Å². The lowest BCUT2D eigenvalue weighted by Crippen LogP contribution is -2.34. The molecule has 0 aliphatic heterocycles. The molecule has 6 nitrogen and oxygen atoms in total. The Balaban J connectivity index is 3.49. The molecule has 0 saturated heterocycles. The number of amidine groups is 1. The van der Waals surface area contributed by atoms with E-state index in [-0.39, 0.29) is 11.8 Å². The van der Waals surface area contributed by atoms with Gasteiger partial charge in [0.25, 0.3) is 0 Å². The molecule has 6 heteroatoms. The van der Waals surface area contributed by atoms with Crippen LogP contribution >= 0.6 is 0 Å². The van der Waals surface area contributed by atoms with Crippen molar-refractivity contribution in [2.45, 2.75) is 13.3 Å². The first-order valence-corrected chi connectivity index (χ1v) is 5.84. The van der Waals surface area contributed by atoms with Gasteiger partial charge in [0.15, 0.2) is 0 Å². The van der Waals surface area contributed by atoms with Crippen molar-refractivity contribution in [3.63, 3.8) is 0 Å². The van der Waals surface area contributed by atoms with Crippen molar-refractivity contribution in [3.05, 3.63) is 0 Å². The van der Waals surface area contributed by atoms with Gasteiger partial charge in [0.2, 0.25) is 0 Å². The highest BCUT2D eigenvalue weighted by atomic mass is 16.5. The summed E-state index contributed by atoms with van der Waals surface area (Å²) in [6, 6.07) is 0. The molecule has 0 aromatic heterocycles. The molecule has 0 aromatic carbocycles. The SMILES string of the molecule is COCCCOCCN(C)CC(C)C(N)=NO. The lowest BCUT2D eigenvalue weighted by atomic mass is 10.1. The van der Waals surface area contributed by atoms with E-state index < -0.39 is 0 Å². The number of methoxy groups -OCH3 is 1. The van der Waals surface area contributed by atoms with Crippen molar-refractivity contribution in [2.75, 3.05) is 47.1 Å². The quantitative estimate of drug-likeness (QED) is 0.191. The minimum Gasteiger partial charge on any atom is -0.409 e. The summed E-state index contributed by atoms with van der Waals surface area (Å²) in [6.45, 7) is 5.63. The second-order valence-corrected chi connectivity index (χ2v) is 4.15. The Hall–Kier alpha value is -0.850. The predicted octanol–water partition coefficient (Wildman–Crippen LogP) is 0.354. The van der Waals surface area contributed by atoms with Gasteiger partial charge in [-0.2, -0.15) is 0 Å². The smallest absolute Gasteiger partial charge is 0.143 e. The fourth-order valence-electron chi connectivity index (χ4n) is 1.38. The molecular formula is C11H25N3O3. The molecule has 0 saturated carbocycles. The van der Waals surface area contributed by atoms with Crippen LogP contribution in [0.4, 0.5) is 0 Å². The average Bonchev–Trinajstić information content (AvgIpc) is 2.32. The van der Waals surface area contributed by atoms with E-state index in [1.807, 2.05) is 14.0 Å². The van der Waals surface area contributed by atoms with Gasteiger partial charge in [-0.05, 0) is 13.5 Å². The molecule has 0 aliphatic carbocycles. The minimum atomic E-state index is 0.0403. The maximum absolute atomic E-state index is 8.52. The van der Waals surface area contributed by atoms with Crippen LogP contribution in [0.1, 0.15) is 13.3 Å². The number of oxime groups is 1. The van der Waals surface area contributed by atoms with Crippen LogP contribution in [0.2, 0.25) is 0 Å². The fraction of sp³-hybridized carbons (Fsp3) is 0.909. The number of nitrogens with two attached hydrogens (primary N) is 1. The molecule has 0 fully saturated rings. The Morgan fingerprint density at radius 3 is 2.71 bits per heavy atom. The number of rotatable bonds is 10. The molecule has 17 heavy (non-hydrogen) atoms. The number of hydrogen-bond donors (Lipinski definition) is 2. The molecule has 102 valence electrons. The van der Waals surface area contributed by atoms with E-state index in [2.05, 4.69) is 10.1 Å². The summed E-state index contributed by atoms with van der Waals surface area (Å²) in [5.41, 5.74) is 5.50. The zero-order valence-electron chi connectivity index (χ0n) is 11.1. The molecule has 0 bridgehead atoms. The molecule has 0 amide bonds. The summed E-state index contributed by atoms with van der Waals surface area (Å²) < 4.78 is 10.4. The topological polar surface area (TPSA) is 80.3 Å². The van der Waals surface area contributed by atoms with Crippen LogP contribution in [-0.4, -0.2) is 63.0 Å². The van der Waals surface area contributed by atoms with Gasteiger partial charge >= 0.3 is 0 Å². The summed E-state index contributed by atoms with van der Waals surface area (Å²) in [5.74, 6) is 0.302. The van der Waals surface area contributed by atoms with Crippen molar-refractivity contribution in [1.29, 1.82) is 0 Å². The van der Waals surface area contributed by atoms with E-state index in [0.29, 0.717) is 6.61 Å². The van der Waals surface area contributed by atoms with Crippen molar-refractivity contribution >= 4 is 5.84 Å². The van der Waals surface area contributed by atoms with Gasteiger partial charge in [0.1, 0.15) is 5.84 Å². The van der Waals surface area contributed by atoms with E-state index in [1.165, 1.54) is 0 Å². The summed E-state index contributed by atoms with van der Waals surface area (Å²) >= 11 is 0.